The Balaban J connectivity index is 1.96. The number of sulfonamides is 1. The van der Waals surface area contributed by atoms with Gasteiger partial charge in [-0.05, 0) is 25.5 Å². The van der Waals surface area contributed by atoms with Crippen molar-refractivity contribution >= 4 is 27.4 Å². The van der Waals surface area contributed by atoms with Gasteiger partial charge in [0.1, 0.15) is 10.7 Å². The van der Waals surface area contributed by atoms with Crippen LogP contribution in [0.3, 0.4) is 0 Å². The number of nitrogens with one attached hydrogen (secondary N) is 2. The fourth-order valence-electron chi connectivity index (χ4n) is 2.20. The molecule has 0 aromatic carbocycles. The molecule has 0 aliphatic heterocycles. The Kier molecular flexibility index (Phi) is 5.43. The van der Waals surface area contributed by atoms with Gasteiger partial charge in [-0.1, -0.05) is 18.5 Å². The lowest BCUT2D eigenvalue weighted by Crippen LogP contribution is -2.36. The number of nitrogens with zero attached hydrogens (tertiary/aromatic N) is 2. The molecule has 1 saturated carbocycles. The Hall–Kier alpha value is -0.890. The first-order valence-electron chi connectivity index (χ1n) is 7.05. The lowest BCUT2D eigenvalue weighted by atomic mass is 10.4. The molecule has 0 atom stereocenters. The summed E-state index contributed by atoms with van der Waals surface area (Å²) in [7, 11) is -1.89. The molecule has 0 saturated heterocycles. The van der Waals surface area contributed by atoms with Crippen molar-refractivity contribution in [3.05, 3.63) is 17.3 Å². The molecule has 1 aliphatic rings. The fourth-order valence-corrected chi connectivity index (χ4v) is 3.51. The van der Waals surface area contributed by atoms with Crippen LogP contribution in [0.4, 0.5) is 5.82 Å². The summed E-state index contributed by atoms with van der Waals surface area (Å²) >= 11 is 5.97. The molecule has 1 fully saturated rings. The van der Waals surface area contributed by atoms with Gasteiger partial charge in [0, 0.05) is 32.4 Å². The van der Waals surface area contributed by atoms with Gasteiger partial charge in [0.2, 0.25) is 10.0 Å². The van der Waals surface area contributed by atoms with Gasteiger partial charge in [0.05, 0.1) is 5.02 Å². The maximum Gasteiger partial charge on any atom is 0.242 e. The fraction of sp³-hybridized carbons (Fsp3) is 0.615. The first kappa shape index (κ1) is 16.5. The number of likely N-dealkylation sites (N-methyl/N-ethyl adjacent to an activating group) is 1. The number of hydrogen-bond donors (Lipinski definition) is 2. The Morgan fingerprint density at radius 2 is 2.19 bits per heavy atom. The van der Waals surface area contributed by atoms with Crippen molar-refractivity contribution in [1.29, 1.82) is 0 Å². The number of rotatable bonds is 8. The predicted octanol–water partition coefficient (Wildman–Crippen LogP) is 1.54. The predicted molar refractivity (Wildman–Crippen MR) is 84.3 cm³/mol. The van der Waals surface area contributed by atoms with Crippen molar-refractivity contribution in [3.8, 4) is 0 Å². The van der Waals surface area contributed by atoms with E-state index in [0.717, 1.165) is 13.1 Å². The molecule has 0 radical (unpaired) electrons. The van der Waals surface area contributed by atoms with Crippen LogP contribution < -0.4 is 10.0 Å². The Morgan fingerprint density at radius 3 is 2.71 bits per heavy atom. The van der Waals surface area contributed by atoms with Crippen LogP contribution in [0.15, 0.2) is 17.2 Å². The van der Waals surface area contributed by atoms with Gasteiger partial charge in [-0.2, -0.15) is 0 Å². The highest BCUT2D eigenvalue weighted by Crippen LogP contribution is 2.26. The van der Waals surface area contributed by atoms with Crippen molar-refractivity contribution in [3.63, 3.8) is 0 Å². The zero-order chi connectivity index (χ0) is 15.5. The summed E-state index contributed by atoms with van der Waals surface area (Å²) in [6.07, 6.45) is 3.73. The highest BCUT2D eigenvalue weighted by Gasteiger charge is 2.27. The van der Waals surface area contributed by atoms with Crippen LogP contribution >= 0.6 is 11.6 Å². The van der Waals surface area contributed by atoms with E-state index in [9.17, 15) is 8.42 Å². The van der Waals surface area contributed by atoms with Gasteiger partial charge >= 0.3 is 0 Å². The van der Waals surface area contributed by atoms with Crippen LogP contribution in [0.1, 0.15) is 19.8 Å². The molecule has 1 aromatic rings. The summed E-state index contributed by atoms with van der Waals surface area (Å²) in [5.41, 5.74) is 0. The smallest absolute Gasteiger partial charge is 0.242 e. The van der Waals surface area contributed by atoms with E-state index < -0.39 is 10.0 Å². The van der Waals surface area contributed by atoms with Crippen LogP contribution in [0.2, 0.25) is 5.02 Å². The summed E-state index contributed by atoms with van der Waals surface area (Å²) < 4.78 is 27.0. The lowest BCUT2D eigenvalue weighted by molar-refractivity contribution is 0.282. The maximum atomic E-state index is 12.2. The van der Waals surface area contributed by atoms with Crippen molar-refractivity contribution in [2.24, 2.45) is 0 Å². The molecule has 6 nitrogen and oxygen atoms in total. The number of anilines is 1. The summed E-state index contributed by atoms with van der Waals surface area (Å²) in [6.45, 7) is 4.14. The largest absolute Gasteiger partial charge is 0.372 e. The minimum Gasteiger partial charge on any atom is -0.372 e. The molecule has 2 rings (SSSR count). The molecular weight excluding hydrogens is 312 g/mol. The molecule has 21 heavy (non-hydrogen) atoms. The number of pyridine rings is 1. The quantitative estimate of drug-likeness (QED) is 0.755. The molecule has 0 bridgehead atoms. The second kappa shape index (κ2) is 6.91. The van der Waals surface area contributed by atoms with Crippen LogP contribution in [0.5, 0.6) is 0 Å². The highest BCUT2D eigenvalue weighted by atomic mass is 35.5. The standard InChI is InChI=1S/C13H21ClN4O2S/c1-3-18(10-4-5-10)7-6-17-21(19,20)11-8-12(14)13(15-2)16-9-11/h8-10,17H,3-7H2,1-2H3,(H,15,16). The summed E-state index contributed by atoms with van der Waals surface area (Å²) in [5, 5.41) is 3.08. The van der Waals surface area contributed by atoms with E-state index in [1.165, 1.54) is 25.1 Å². The van der Waals surface area contributed by atoms with E-state index in [-0.39, 0.29) is 9.92 Å². The second-order valence-corrected chi connectivity index (χ2v) is 7.18. The molecular formula is C13H21ClN4O2S. The van der Waals surface area contributed by atoms with Gasteiger partial charge < -0.3 is 5.32 Å². The Labute approximate surface area is 130 Å². The number of aromatic nitrogens is 1. The molecule has 8 heteroatoms. The molecule has 0 amide bonds. The number of hydrogen-bond acceptors (Lipinski definition) is 5. The van der Waals surface area contributed by atoms with Crippen molar-refractivity contribution in [2.45, 2.75) is 30.7 Å². The van der Waals surface area contributed by atoms with Crippen LogP contribution in [-0.2, 0) is 10.0 Å². The second-order valence-electron chi connectivity index (χ2n) is 5.01. The normalized spacial score (nSPS) is 15.4. The van der Waals surface area contributed by atoms with E-state index in [2.05, 4.69) is 26.8 Å². The SMILES string of the molecule is CCN(CCNS(=O)(=O)c1cnc(NC)c(Cl)c1)C1CC1. The third kappa shape index (κ3) is 4.29. The minimum absolute atomic E-state index is 0.0842. The first-order chi connectivity index (χ1) is 9.97. The van der Waals surface area contributed by atoms with Crippen molar-refractivity contribution in [1.82, 2.24) is 14.6 Å². The minimum atomic E-state index is -3.57. The molecule has 0 spiro atoms. The van der Waals surface area contributed by atoms with Crippen molar-refractivity contribution < 1.29 is 8.42 Å². The van der Waals surface area contributed by atoms with Gasteiger partial charge in [-0.15, -0.1) is 0 Å². The van der Waals surface area contributed by atoms with E-state index >= 15 is 0 Å². The van der Waals surface area contributed by atoms with Crippen LogP contribution in [-0.4, -0.2) is 51.0 Å². The Morgan fingerprint density at radius 1 is 1.48 bits per heavy atom. The van der Waals surface area contributed by atoms with E-state index in [4.69, 9.17) is 11.6 Å². The van der Waals surface area contributed by atoms with Crippen LogP contribution in [0, 0.1) is 0 Å². The molecule has 118 valence electrons. The third-order valence-corrected chi connectivity index (χ3v) is 5.24. The Bertz CT molecular complexity index is 590. The third-order valence-electron chi connectivity index (χ3n) is 3.52. The first-order valence-corrected chi connectivity index (χ1v) is 8.91. The average molecular weight is 333 g/mol. The van der Waals surface area contributed by atoms with Crippen molar-refractivity contribution in [2.75, 3.05) is 32.0 Å². The summed E-state index contributed by atoms with van der Waals surface area (Å²) in [5.74, 6) is 0.460. The van der Waals surface area contributed by atoms with Gasteiger partial charge in [0.15, 0.2) is 0 Å². The maximum absolute atomic E-state index is 12.2. The van der Waals surface area contributed by atoms with Gasteiger partial charge in [0.25, 0.3) is 0 Å². The monoisotopic (exact) mass is 332 g/mol. The zero-order valence-corrected chi connectivity index (χ0v) is 13.8. The van der Waals surface area contributed by atoms with E-state index in [1.54, 1.807) is 7.05 Å². The van der Waals surface area contributed by atoms with Gasteiger partial charge in [-0.3, -0.25) is 4.90 Å². The summed E-state index contributed by atoms with van der Waals surface area (Å²) in [6, 6.07) is 2.03. The summed E-state index contributed by atoms with van der Waals surface area (Å²) in [4.78, 5) is 6.36. The average Bonchev–Trinajstić information content (AvgIpc) is 3.28. The molecule has 1 aliphatic carbocycles. The molecule has 1 aromatic heterocycles. The van der Waals surface area contributed by atoms with Gasteiger partial charge in [-0.25, -0.2) is 18.1 Å². The molecule has 1 heterocycles. The topological polar surface area (TPSA) is 74.3 Å². The van der Waals surface area contributed by atoms with E-state index in [1.807, 2.05) is 0 Å². The van der Waals surface area contributed by atoms with E-state index in [0.29, 0.717) is 18.4 Å². The molecule has 2 N–H and O–H groups in total. The lowest BCUT2D eigenvalue weighted by Gasteiger charge is -2.19. The zero-order valence-electron chi connectivity index (χ0n) is 12.3. The molecule has 0 unspecified atom stereocenters. The number of halogens is 1. The highest BCUT2D eigenvalue weighted by molar-refractivity contribution is 7.89. The van der Waals surface area contributed by atoms with Crippen LogP contribution in [0.25, 0.3) is 0 Å².